The highest BCUT2D eigenvalue weighted by molar-refractivity contribution is 5.90. The van der Waals surface area contributed by atoms with E-state index in [1.807, 2.05) is 18.2 Å². The molecule has 5 heteroatoms. The molecule has 0 unspecified atom stereocenters. The van der Waals surface area contributed by atoms with E-state index in [-0.39, 0.29) is 0 Å². The zero-order valence-electron chi connectivity index (χ0n) is 13.4. The highest BCUT2D eigenvalue weighted by Gasteiger charge is 2.39. The van der Waals surface area contributed by atoms with Crippen LogP contribution in [0.15, 0.2) is 90.2 Å². The number of hydrogen-bond acceptors (Lipinski definition) is 4. The molecule has 5 nitrogen and oxygen atoms in total. The first kappa shape index (κ1) is 16.5. The van der Waals surface area contributed by atoms with E-state index in [4.69, 9.17) is 0 Å². The van der Waals surface area contributed by atoms with E-state index in [0.717, 1.165) is 0 Å². The molecule has 0 saturated carbocycles. The molecular weight excluding hydrogens is 314 g/mol. The molecule has 1 aromatic heterocycles. The molecule has 1 heterocycles. The average Bonchev–Trinajstić information content (AvgIpc) is 2.69. The molecule has 0 aliphatic rings. The second-order valence-electron chi connectivity index (χ2n) is 5.40. The van der Waals surface area contributed by atoms with Gasteiger partial charge in [-0.15, -0.1) is 0 Å². The van der Waals surface area contributed by atoms with Gasteiger partial charge in [0.05, 0.1) is 11.9 Å². The van der Waals surface area contributed by atoms with Crippen LogP contribution >= 0.6 is 0 Å². The first-order valence-corrected chi connectivity index (χ1v) is 7.79. The number of nitrogens with one attached hydrogen (secondary N) is 1. The van der Waals surface area contributed by atoms with Crippen molar-refractivity contribution >= 4 is 12.1 Å². The summed E-state index contributed by atoms with van der Waals surface area (Å²) in [5.41, 5.74) is 2.10. The molecular formula is C20H17N3O2. The fourth-order valence-electron chi connectivity index (χ4n) is 2.48. The number of aromatic nitrogens is 1. The Kier molecular flexibility index (Phi) is 4.97. The summed E-state index contributed by atoms with van der Waals surface area (Å²) >= 11 is 0. The number of aliphatic hydroxyl groups is 1. The van der Waals surface area contributed by atoms with E-state index in [1.165, 1.54) is 6.21 Å². The van der Waals surface area contributed by atoms with E-state index < -0.39 is 11.5 Å². The van der Waals surface area contributed by atoms with E-state index in [9.17, 15) is 9.90 Å². The van der Waals surface area contributed by atoms with Gasteiger partial charge in [0.2, 0.25) is 0 Å². The van der Waals surface area contributed by atoms with Crippen LogP contribution in [0.1, 0.15) is 16.8 Å². The van der Waals surface area contributed by atoms with Crippen molar-refractivity contribution < 1.29 is 9.90 Å². The number of benzene rings is 2. The molecule has 3 rings (SSSR count). The zero-order valence-corrected chi connectivity index (χ0v) is 13.4. The monoisotopic (exact) mass is 331 g/mol. The minimum absolute atomic E-state index is 0.465. The minimum Gasteiger partial charge on any atom is -0.372 e. The summed E-state index contributed by atoms with van der Waals surface area (Å²) in [5, 5.41) is 15.1. The number of nitrogens with zero attached hydrogens (tertiary/aromatic N) is 2. The van der Waals surface area contributed by atoms with Gasteiger partial charge in [0.25, 0.3) is 5.91 Å². The molecule has 0 radical (unpaired) electrons. The van der Waals surface area contributed by atoms with Crippen LogP contribution in [0.4, 0.5) is 0 Å². The van der Waals surface area contributed by atoms with Crippen LogP contribution in [0.5, 0.6) is 0 Å². The third kappa shape index (κ3) is 3.62. The molecule has 0 aliphatic carbocycles. The highest BCUT2D eigenvalue weighted by atomic mass is 16.3. The Bertz CT molecular complexity index is 810. The number of pyridine rings is 1. The Morgan fingerprint density at radius 3 is 2.00 bits per heavy atom. The summed E-state index contributed by atoms with van der Waals surface area (Å²) in [6, 6.07) is 22.9. The molecule has 2 N–H and O–H groups in total. The topological polar surface area (TPSA) is 74.6 Å². The van der Waals surface area contributed by atoms with Gasteiger partial charge in [-0.2, -0.15) is 5.10 Å². The Labute approximate surface area is 145 Å². The molecule has 25 heavy (non-hydrogen) atoms. The van der Waals surface area contributed by atoms with Crippen LogP contribution in [0.2, 0.25) is 0 Å². The molecule has 124 valence electrons. The maximum Gasteiger partial charge on any atom is 0.281 e. The first-order chi connectivity index (χ1) is 12.2. The van der Waals surface area contributed by atoms with Crippen molar-refractivity contribution in [3.63, 3.8) is 0 Å². The van der Waals surface area contributed by atoms with Crippen LogP contribution in [0.3, 0.4) is 0 Å². The molecule has 0 saturated heterocycles. The summed E-state index contributed by atoms with van der Waals surface area (Å²) in [4.78, 5) is 16.9. The fraction of sp³-hybridized carbons (Fsp3) is 0.0500. The van der Waals surface area contributed by atoms with Crippen LogP contribution in [-0.4, -0.2) is 22.2 Å². The van der Waals surface area contributed by atoms with Crippen LogP contribution < -0.4 is 5.43 Å². The second kappa shape index (κ2) is 7.51. The van der Waals surface area contributed by atoms with Crippen molar-refractivity contribution in [2.45, 2.75) is 5.60 Å². The quantitative estimate of drug-likeness (QED) is 0.557. The Morgan fingerprint density at radius 2 is 1.48 bits per heavy atom. The number of hydrogen-bond donors (Lipinski definition) is 2. The van der Waals surface area contributed by atoms with Gasteiger partial charge < -0.3 is 5.11 Å². The number of carbonyl (C=O) groups is 1. The summed E-state index contributed by atoms with van der Waals surface area (Å²) in [6.07, 6.45) is 3.06. The molecule has 3 aromatic rings. The third-order valence-electron chi connectivity index (χ3n) is 3.76. The van der Waals surface area contributed by atoms with Crippen molar-refractivity contribution in [1.29, 1.82) is 0 Å². The SMILES string of the molecule is O=C(N/N=C\c1ccccn1)C(O)(c1ccccc1)c1ccccc1. The largest absolute Gasteiger partial charge is 0.372 e. The maximum absolute atomic E-state index is 12.8. The van der Waals surface area contributed by atoms with Gasteiger partial charge in [-0.25, -0.2) is 5.43 Å². The summed E-state index contributed by atoms with van der Waals surface area (Å²) in [5.74, 6) is -0.642. The summed E-state index contributed by atoms with van der Waals surface area (Å²) in [7, 11) is 0. The van der Waals surface area contributed by atoms with Gasteiger partial charge in [-0.3, -0.25) is 9.78 Å². The average molecular weight is 331 g/mol. The smallest absolute Gasteiger partial charge is 0.281 e. The summed E-state index contributed by atoms with van der Waals surface area (Å²) in [6.45, 7) is 0. The molecule has 0 atom stereocenters. The Morgan fingerprint density at radius 1 is 0.920 bits per heavy atom. The minimum atomic E-state index is -1.84. The van der Waals surface area contributed by atoms with Crippen molar-refractivity contribution in [2.24, 2.45) is 5.10 Å². The number of hydrazone groups is 1. The second-order valence-corrected chi connectivity index (χ2v) is 5.40. The van der Waals surface area contributed by atoms with E-state index in [2.05, 4.69) is 15.5 Å². The van der Waals surface area contributed by atoms with Crippen LogP contribution in [0, 0.1) is 0 Å². The maximum atomic E-state index is 12.8. The van der Waals surface area contributed by atoms with Crippen LogP contribution in [0.25, 0.3) is 0 Å². The van der Waals surface area contributed by atoms with Gasteiger partial charge >= 0.3 is 0 Å². The summed E-state index contributed by atoms with van der Waals surface area (Å²) < 4.78 is 0. The standard InChI is InChI=1S/C20H17N3O2/c24-19(23-22-15-18-13-7-8-14-21-18)20(25,16-9-3-1-4-10-16)17-11-5-2-6-12-17/h1-15,25H,(H,23,24)/b22-15-. The Hall–Kier alpha value is -3.31. The lowest BCUT2D eigenvalue weighted by molar-refractivity contribution is -0.136. The first-order valence-electron chi connectivity index (χ1n) is 7.79. The van der Waals surface area contributed by atoms with Crippen molar-refractivity contribution in [3.8, 4) is 0 Å². The zero-order chi connectivity index (χ0) is 17.5. The molecule has 1 amide bonds. The molecule has 0 aliphatic heterocycles. The Balaban J connectivity index is 1.90. The third-order valence-corrected chi connectivity index (χ3v) is 3.76. The van der Waals surface area contributed by atoms with Gasteiger partial charge in [0, 0.05) is 6.20 Å². The number of rotatable bonds is 5. The van der Waals surface area contributed by atoms with E-state index >= 15 is 0 Å². The van der Waals surface area contributed by atoms with Crippen LogP contribution in [-0.2, 0) is 10.4 Å². The van der Waals surface area contributed by atoms with Crippen molar-refractivity contribution in [1.82, 2.24) is 10.4 Å². The lowest BCUT2D eigenvalue weighted by atomic mass is 9.85. The fourth-order valence-corrected chi connectivity index (χ4v) is 2.48. The lowest BCUT2D eigenvalue weighted by Gasteiger charge is -2.27. The lowest BCUT2D eigenvalue weighted by Crippen LogP contribution is -2.43. The molecule has 0 spiro atoms. The molecule has 2 aromatic carbocycles. The van der Waals surface area contributed by atoms with Crippen molar-refractivity contribution in [3.05, 3.63) is 102 Å². The van der Waals surface area contributed by atoms with E-state index in [1.54, 1.807) is 66.9 Å². The van der Waals surface area contributed by atoms with Gasteiger partial charge in [-0.1, -0.05) is 66.7 Å². The van der Waals surface area contributed by atoms with Gasteiger partial charge in [0.15, 0.2) is 5.60 Å². The normalized spacial score (nSPS) is 11.4. The number of carbonyl (C=O) groups excluding carboxylic acids is 1. The number of amides is 1. The molecule has 0 bridgehead atoms. The predicted octanol–water partition coefficient (Wildman–Crippen LogP) is 2.47. The molecule has 0 fully saturated rings. The van der Waals surface area contributed by atoms with Gasteiger partial charge in [0.1, 0.15) is 0 Å². The van der Waals surface area contributed by atoms with E-state index in [0.29, 0.717) is 16.8 Å². The highest BCUT2D eigenvalue weighted by Crippen LogP contribution is 2.29. The van der Waals surface area contributed by atoms with Gasteiger partial charge in [-0.05, 0) is 23.3 Å². The van der Waals surface area contributed by atoms with Crippen molar-refractivity contribution in [2.75, 3.05) is 0 Å². The predicted molar refractivity (Wildman–Crippen MR) is 95.9 cm³/mol.